The molecule has 0 saturated heterocycles. The van der Waals surface area contributed by atoms with Gasteiger partial charge in [0.05, 0.1) is 0 Å². The summed E-state index contributed by atoms with van der Waals surface area (Å²) in [5.74, 6) is -3.60. The molecule has 0 rings (SSSR count). The van der Waals surface area contributed by atoms with Gasteiger partial charge in [0, 0.05) is 0 Å². The van der Waals surface area contributed by atoms with Crippen LogP contribution in [0.25, 0.3) is 0 Å². The molecule has 0 radical (unpaired) electrons. The van der Waals surface area contributed by atoms with Crippen molar-refractivity contribution in [1.82, 2.24) is 0 Å². The predicted molar refractivity (Wildman–Crippen MR) is 85.4 cm³/mol. The number of hydrogen-bond donors (Lipinski definition) is 2. The molecular formula is C17H33KO4. The van der Waals surface area contributed by atoms with Gasteiger partial charge in [-0.2, -0.15) is 0 Å². The zero-order valence-corrected chi connectivity index (χ0v) is 18.1. The number of aliphatic carboxylic acids is 2. The molecule has 0 aliphatic carbocycles. The van der Waals surface area contributed by atoms with E-state index in [1.165, 1.54) is 25.7 Å². The molecular weight excluding hydrogens is 307 g/mol. The molecule has 5 heteroatoms. The van der Waals surface area contributed by atoms with Crippen LogP contribution in [0.15, 0.2) is 0 Å². The number of unbranched alkanes of at least 4 members (excludes halogenated alkanes) is 5. The van der Waals surface area contributed by atoms with Crippen molar-refractivity contribution in [2.75, 3.05) is 0 Å². The molecule has 0 fully saturated rings. The van der Waals surface area contributed by atoms with Gasteiger partial charge in [-0.25, -0.2) is 0 Å². The minimum Gasteiger partial charge on any atom is -1.00 e. The van der Waals surface area contributed by atoms with Gasteiger partial charge in [0.2, 0.25) is 0 Å². The molecule has 0 aromatic rings. The van der Waals surface area contributed by atoms with Crippen molar-refractivity contribution in [3.63, 3.8) is 0 Å². The van der Waals surface area contributed by atoms with Crippen LogP contribution in [-0.4, -0.2) is 22.2 Å². The van der Waals surface area contributed by atoms with Crippen molar-refractivity contribution in [3.8, 4) is 0 Å². The van der Waals surface area contributed by atoms with E-state index in [0.29, 0.717) is 0 Å². The summed E-state index contributed by atoms with van der Waals surface area (Å²) in [6.45, 7) is 8.38. The van der Waals surface area contributed by atoms with E-state index in [1.54, 1.807) is 0 Å². The van der Waals surface area contributed by atoms with Crippen molar-refractivity contribution in [1.29, 1.82) is 0 Å². The molecule has 2 N–H and O–H groups in total. The van der Waals surface area contributed by atoms with Gasteiger partial charge in [-0.15, -0.1) is 0 Å². The first-order valence-corrected chi connectivity index (χ1v) is 8.15. The van der Waals surface area contributed by atoms with Gasteiger partial charge in [-0.3, -0.25) is 9.59 Å². The third-order valence-corrected chi connectivity index (χ3v) is 4.25. The fourth-order valence-corrected chi connectivity index (χ4v) is 2.67. The van der Waals surface area contributed by atoms with E-state index in [9.17, 15) is 9.59 Å². The molecule has 0 aliphatic heterocycles. The monoisotopic (exact) mass is 340 g/mol. The molecule has 1 unspecified atom stereocenters. The Morgan fingerprint density at radius 2 is 1.41 bits per heavy atom. The fraction of sp³-hybridized carbons (Fsp3) is 0.882. The summed E-state index contributed by atoms with van der Waals surface area (Å²) in [4.78, 5) is 22.1. The van der Waals surface area contributed by atoms with Crippen LogP contribution in [0.2, 0.25) is 0 Å². The van der Waals surface area contributed by atoms with E-state index in [2.05, 4.69) is 27.7 Å². The van der Waals surface area contributed by atoms with Crippen LogP contribution in [0.3, 0.4) is 0 Å². The smallest absolute Gasteiger partial charge is 1.00 e. The number of carboxylic acids is 2. The second-order valence-electron chi connectivity index (χ2n) is 7.08. The average molecular weight is 341 g/mol. The third kappa shape index (κ3) is 11.2. The number of carboxylic acid groups (broad SMARTS) is 2. The molecule has 126 valence electrons. The average Bonchev–Trinajstić information content (AvgIpc) is 2.34. The zero-order chi connectivity index (χ0) is 16.5. The molecule has 0 aliphatic rings. The molecule has 4 nitrogen and oxygen atoms in total. The summed E-state index contributed by atoms with van der Waals surface area (Å²) in [7, 11) is 0. The first kappa shape index (κ1) is 24.8. The van der Waals surface area contributed by atoms with Gasteiger partial charge >= 0.3 is 63.3 Å². The van der Waals surface area contributed by atoms with E-state index < -0.39 is 17.9 Å². The van der Waals surface area contributed by atoms with Crippen molar-refractivity contribution >= 4 is 11.9 Å². The first-order valence-electron chi connectivity index (χ1n) is 8.15. The largest absolute Gasteiger partial charge is 1.00 e. The topological polar surface area (TPSA) is 74.6 Å². The maximum absolute atomic E-state index is 11.1. The molecule has 22 heavy (non-hydrogen) atoms. The zero-order valence-electron chi connectivity index (χ0n) is 16.0. The molecule has 0 bridgehead atoms. The summed E-state index contributed by atoms with van der Waals surface area (Å²) in [5, 5.41) is 18.1. The van der Waals surface area contributed by atoms with E-state index >= 15 is 0 Å². The van der Waals surface area contributed by atoms with Crippen molar-refractivity contribution in [2.24, 2.45) is 17.3 Å². The summed E-state index contributed by atoms with van der Waals surface area (Å²) in [5.41, 5.74) is -0.0629. The van der Waals surface area contributed by atoms with Gasteiger partial charge in [0.25, 0.3) is 0 Å². The van der Waals surface area contributed by atoms with Crippen molar-refractivity contribution < 1.29 is 72.6 Å². The van der Waals surface area contributed by atoms with Gasteiger partial charge in [-0.05, 0) is 24.2 Å². The Morgan fingerprint density at radius 1 is 0.955 bits per heavy atom. The number of carbonyl (C=O) groups is 2. The Labute approximate surface area is 179 Å². The standard InChI is InChI=1S/C17H32O4.K.H/c1-5-6-7-8-9-10-11-13(17(2,3)4)12-14(15(18)19)16(20)21;;/h13-14H,5-12H2,1-4H3,(H,18,19)(H,20,21);;/q;+1;-1. The predicted octanol–water partition coefficient (Wildman–Crippen LogP) is 1.69. The molecule has 0 heterocycles. The molecule has 0 amide bonds. The first-order chi connectivity index (χ1) is 9.70. The quantitative estimate of drug-likeness (QED) is 0.341. The molecule has 0 aromatic heterocycles. The fourth-order valence-electron chi connectivity index (χ4n) is 2.67. The second-order valence-corrected chi connectivity index (χ2v) is 7.08. The summed E-state index contributed by atoms with van der Waals surface area (Å²) < 4.78 is 0. The third-order valence-electron chi connectivity index (χ3n) is 4.25. The van der Waals surface area contributed by atoms with E-state index in [0.717, 1.165) is 19.3 Å². The maximum Gasteiger partial charge on any atom is 1.00 e. The molecule has 1 atom stereocenters. The minimum atomic E-state index is -1.28. The number of rotatable bonds is 11. The van der Waals surface area contributed by atoms with E-state index in [1.807, 2.05) is 0 Å². The van der Waals surface area contributed by atoms with Gasteiger partial charge in [0.15, 0.2) is 5.92 Å². The van der Waals surface area contributed by atoms with Gasteiger partial charge in [-0.1, -0.05) is 66.2 Å². The van der Waals surface area contributed by atoms with Crippen LogP contribution in [0, 0.1) is 17.3 Å². The maximum atomic E-state index is 11.1. The SMILES string of the molecule is CCCCCCCCC(CC(C(=O)O)C(=O)O)C(C)(C)C.[H-].[K+]. The Kier molecular flexibility index (Phi) is 14.6. The van der Waals surface area contributed by atoms with Crippen LogP contribution < -0.4 is 51.4 Å². The van der Waals surface area contributed by atoms with E-state index in [-0.39, 0.29) is 70.6 Å². The Hall–Kier alpha value is 0.576. The Balaban J connectivity index is -0.00000200. The van der Waals surface area contributed by atoms with Gasteiger partial charge < -0.3 is 11.6 Å². The van der Waals surface area contributed by atoms with Crippen LogP contribution in [0.4, 0.5) is 0 Å². The molecule has 0 saturated carbocycles. The minimum absolute atomic E-state index is 0. The van der Waals surface area contributed by atoms with Crippen LogP contribution >= 0.6 is 0 Å². The van der Waals surface area contributed by atoms with Crippen LogP contribution in [0.1, 0.15) is 80.5 Å². The number of hydrogen-bond acceptors (Lipinski definition) is 2. The van der Waals surface area contributed by atoms with Crippen LogP contribution in [0.5, 0.6) is 0 Å². The Bertz CT molecular complexity index is 315. The molecule has 0 aromatic carbocycles. The van der Waals surface area contributed by atoms with E-state index in [4.69, 9.17) is 10.2 Å². The van der Waals surface area contributed by atoms with Crippen LogP contribution in [-0.2, 0) is 9.59 Å². The van der Waals surface area contributed by atoms with Gasteiger partial charge in [0.1, 0.15) is 0 Å². The van der Waals surface area contributed by atoms with Crippen molar-refractivity contribution in [2.45, 2.75) is 79.1 Å². The Morgan fingerprint density at radius 3 is 1.82 bits per heavy atom. The summed E-state index contributed by atoms with van der Waals surface area (Å²) in [6, 6.07) is 0. The van der Waals surface area contributed by atoms with Crippen molar-refractivity contribution in [3.05, 3.63) is 0 Å². The normalized spacial score (nSPS) is 12.8. The molecule has 0 spiro atoms. The second kappa shape index (κ2) is 12.9. The summed E-state index contributed by atoms with van der Waals surface area (Å²) >= 11 is 0. The summed E-state index contributed by atoms with van der Waals surface area (Å²) in [6.07, 6.45) is 8.30.